The highest BCUT2D eigenvalue weighted by Gasteiger charge is 2.14. The molecule has 40 heavy (non-hydrogen) atoms. The van der Waals surface area contributed by atoms with Gasteiger partial charge >= 0.3 is 0 Å². The zero-order valence-electron chi connectivity index (χ0n) is 21.7. The van der Waals surface area contributed by atoms with E-state index in [1.807, 2.05) is 71.4 Å². The summed E-state index contributed by atoms with van der Waals surface area (Å²) in [5.41, 5.74) is 9.38. The average molecular weight is 516 g/mol. The van der Waals surface area contributed by atoms with E-state index in [-0.39, 0.29) is 0 Å². The summed E-state index contributed by atoms with van der Waals surface area (Å²) in [5.74, 6) is 1.33. The molecule has 4 nitrogen and oxygen atoms in total. The Balaban J connectivity index is 1.18. The molecule has 190 valence electrons. The Morgan fingerprint density at radius 3 is 1.65 bits per heavy atom. The number of aromatic nitrogens is 3. The largest absolute Gasteiger partial charge is 0.436 e. The SMILES string of the molecule is c1ccc(-c2ccc(-c3cnc(-c4ccc(-n5nc(-c6ccccc6)cc5-c5ccccc5)cc4)o3)cc2)cc1. The van der Waals surface area contributed by atoms with Crippen LogP contribution < -0.4 is 0 Å². The van der Waals surface area contributed by atoms with E-state index in [0.29, 0.717) is 5.89 Å². The highest BCUT2D eigenvalue weighted by molar-refractivity contribution is 5.72. The van der Waals surface area contributed by atoms with Gasteiger partial charge < -0.3 is 4.42 Å². The predicted molar refractivity (Wildman–Crippen MR) is 161 cm³/mol. The van der Waals surface area contributed by atoms with Crippen molar-refractivity contribution in [1.29, 1.82) is 0 Å². The minimum atomic E-state index is 0.586. The molecule has 0 spiro atoms. The monoisotopic (exact) mass is 515 g/mol. The second-order valence-electron chi connectivity index (χ2n) is 9.58. The fourth-order valence-electron chi connectivity index (χ4n) is 4.89. The summed E-state index contributed by atoms with van der Waals surface area (Å²) >= 11 is 0. The first-order valence-electron chi connectivity index (χ1n) is 13.3. The Labute approximate surface area is 232 Å². The van der Waals surface area contributed by atoms with Gasteiger partial charge in [-0.15, -0.1) is 0 Å². The van der Waals surface area contributed by atoms with Crippen molar-refractivity contribution in [1.82, 2.24) is 14.8 Å². The van der Waals surface area contributed by atoms with Gasteiger partial charge in [0.15, 0.2) is 5.76 Å². The van der Waals surface area contributed by atoms with Crippen molar-refractivity contribution in [3.05, 3.63) is 152 Å². The summed E-state index contributed by atoms with van der Waals surface area (Å²) < 4.78 is 8.17. The third kappa shape index (κ3) is 4.63. The van der Waals surface area contributed by atoms with Gasteiger partial charge in [-0.25, -0.2) is 9.67 Å². The van der Waals surface area contributed by atoms with Crippen LogP contribution in [0.2, 0.25) is 0 Å². The number of oxazole rings is 1. The molecule has 7 rings (SSSR count). The van der Waals surface area contributed by atoms with Crippen molar-refractivity contribution in [2.75, 3.05) is 0 Å². The molecule has 0 bridgehead atoms. The van der Waals surface area contributed by atoms with Gasteiger partial charge in [-0.1, -0.05) is 115 Å². The summed E-state index contributed by atoms with van der Waals surface area (Å²) in [6.07, 6.45) is 1.79. The Morgan fingerprint density at radius 2 is 1.00 bits per heavy atom. The van der Waals surface area contributed by atoms with Crippen LogP contribution in [0.3, 0.4) is 0 Å². The maximum absolute atomic E-state index is 6.17. The molecule has 0 unspecified atom stereocenters. The van der Waals surface area contributed by atoms with Gasteiger partial charge in [0.2, 0.25) is 5.89 Å². The second kappa shape index (κ2) is 10.4. The Hall–Kier alpha value is -5.48. The number of hydrogen-bond acceptors (Lipinski definition) is 3. The molecule has 5 aromatic carbocycles. The molecule has 2 aromatic heterocycles. The molecule has 7 aromatic rings. The van der Waals surface area contributed by atoms with E-state index in [4.69, 9.17) is 9.52 Å². The first-order chi connectivity index (χ1) is 19.8. The molecule has 0 radical (unpaired) electrons. The molecular formula is C36H25N3O. The van der Waals surface area contributed by atoms with Crippen LogP contribution in [0.15, 0.2) is 156 Å². The van der Waals surface area contributed by atoms with Crippen LogP contribution in [-0.4, -0.2) is 14.8 Å². The first kappa shape index (κ1) is 23.6. The van der Waals surface area contributed by atoms with Crippen molar-refractivity contribution in [2.24, 2.45) is 0 Å². The molecule has 0 aliphatic heterocycles. The predicted octanol–water partition coefficient (Wildman–Crippen LogP) is 9.20. The zero-order valence-corrected chi connectivity index (χ0v) is 21.7. The molecule has 0 fully saturated rings. The van der Waals surface area contributed by atoms with E-state index < -0.39 is 0 Å². The fraction of sp³-hybridized carbons (Fsp3) is 0. The minimum absolute atomic E-state index is 0.586. The Bertz CT molecular complexity index is 1850. The molecule has 0 N–H and O–H groups in total. The van der Waals surface area contributed by atoms with Crippen molar-refractivity contribution in [3.8, 4) is 62.1 Å². The van der Waals surface area contributed by atoms with Gasteiger partial charge in [0.25, 0.3) is 0 Å². The summed E-state index contributed by atoms with van der Waals surface area (Å²) in [7, 11) is 0. The summed E-state index contributed by atoms with van der Waals surface area (Å²) in [4.78, 5) is 4.57. The highest BCUT2D eigenvalue weighted by Crippen LogP contribution is 2.31. The maximum atomic E-state index is 6.17. The first-order valence-corrected chi connectivity index (χ1v) is 13.3. The second-order valence-corrected chi connectivity index (χ2v) is 9.58. The lowest BCUT2D eigenvalue weighted by molar-refractivity contribution is 0.589. The topological polar surface area (TPSA) is 43.9 Å². The number of benzene rings is 5. The number of rotatable bonds is 6. The highest BCUT2D eigenvalue weighted by atomic mass is 16.4. The lowest BCUT2D eigenvalue weighted by atomic mass is 10.0. The van der Waals surface area contributed by atoms with E-state index in [0.717, 1.165) is 45.1 Å². The summed E-state index contributed by atoms with van der Waals surface area (Å²) in [6, 6.07) is 49.6. The Morgan fingerprint density at radius 1 is 0.475 bits per heavy atom. The maximum Gasteiger partial charge on any atom is 0.226 e. The van der Waals surface area contributed by atoms with Crippen molar-refractivity contribution < 1.29 is 4.42 Å². The molecule has 2 heterocycles. The summed E-state index contributed by atoms with van der Waals surface area (Å²) in [6.45, 7) is 0. The molecule has 0 saturated heterocycles. The van der Waals surface area contributed by atoms with Crippen LogP contribution in [0.25, 0.3) is 62.1 Å². The van der Waals surface area contributed by atoms with Crippen LogP contribution in [0.4, 0.5) is 0 Å². The number of hydrogen-bond donors (Lipinski definition) is 0. The molecule has 0 atom stereocenters. The summed E-state index contributed by atoms with van der Waals surface area (Å²) in [5, 5.41) is 4.98. The van der Waals surface area contributed by atoms with Gasteiger partial charge in [0.1, 0.15) is 0 Å². The van der Waals surface area contributed by atoms with Crippen molar-refractivity contribution in [3.63, 3.8) is 0 Å². The molecule has 4 heteroatoms. The van der Waals surface area contributed by atoms with Gasteiger partial charge in [-0.05, 0) is 41.5 Å². The normalized spacial score (nSPS) is 11.0. The average Bonchev–Trinajstić information content (AvgIpc) is 3.72. The third-order valence-electron chi connectivity index (χ3n) is 6.99. The van der Waals surface area contributed by atoms with Gasteiger partial charge in [-0.3, -0.25) is 0 Å². The van der Waals surface area contributed by atoms with E-state index >= 15 is 0 Å². The minimum Gasteiger partial charge on any atom is -0.436 e. The van der Waals surface area contributed by atoms with Gasteiger partial charge in [-0.2, -0.15) is 5.10 Å². The molecule has 0 aliphatic carbocycles. The van der Waals surface area contributed by atoms with Crippen LogP contribution in [0.5, 0.6) is 0 Å². The molecule has 0 aliphatic rings. The van der Waals surface area contributed by atoms with E-state index in [1.54, 1.807) is 6.20 Å². The van der Waals surface area contributed by atoms with Crippen LogP contribution >= 0.6 is 0 Å². The molecule has 0 amide bonds. The van der Waals surface area contributed by atoms with Crippen LogP contribution in [0, 0.1) is 0 Å². The van der Waals surface area contributed by atoms with Crippen molar-refractivity contribution in [2.45, 2.75) is 0 Å². The molecular weight excluding hydrogens is 490 g/mol. The van der Waals surface area contributed by atoms with Crippen LogP contribution in [0.1, 0.15) is 0 Å². The van der Waals surface area contributed by atoms with E-state index in [9.17, 15) is 0 Å². The smallest absolute Gasteiger partial charge is 0.226 e. The zero-order chi connectivity index (χ0) is 26.7. The molecule has 0 saturated carbocycles. The lowest BCUT2D eigenvalue weighted by Crippen LogP contribution is -1.99. The van der Waals surface area contributed by atoms with E-state index in [1.165, 1.54) is 11.1 Å². The number of nitrogens with zero attached hydrogens (tertiary/aromatic N) is 3. The van der Waals surface area contributed by atoms with E-state index in [2.05, 4.69) is 83.8 Å². The van der Waals surface area contributed by atoms with Gasteiger partial charge in [0.05, 0.1) is 23.3 Å². The quantitative estimate of drug-likeness (QED) is 0.222. The lowest BCUT2D eigenvalue weighted by Gasteiger charge is -2.08. The Kier molecular flexibility index (Phi) is 6.11. The third-order valence-corrected chi connectivity index (χ3v) is 6.99. The van der Waals surface area contributed by atoms with Crippen molar-refractivity contribution >= 4 is 0 Å². The standard InChI is InChI=1S/C36H25N3O/c1-4-10-26(11-5-1)27-16-18-30(19-17-27)35-25-37-36(40-35)31-20-22-32(23-21-31)39-34(29-14-8-3-9-15-29)24-33(38-39)28-12-6-2-7-13-28/h1-25H. The fourth-order valence-corrected chi connectivity index (χ4v) is 4.89. The van der Waals surface area contributed by atoms with Crippen LogP contribution in [-0.2, 0) is 0 Å². The van der Waals surface area contributed by atoms with Gasteiger partial charge in [0, 0.05) is 22.3 Å².